The second-order valence-electron chi connectivity index (χ2n) is 3.42. The fraction of sp³-hybridized carbons (Fsp3) is 0.400. The molecule has 102 valence electrons. The minimum Gasteiger partial charge on any atom is -0.484 e. The number of rotatable bonds is 3. The van der Waals surface area contributed by atoms with Gasteiger partial charge in [-0.25, -0.2) is 0 Å². The minimum absolute atomic E-state index is 0.207. The van der Waals surface area contributed by atoms with E-state index in [1.165, 1.54) is 0 Å². The minimum atomic E-state index is -4.69. The zero-order chi connectivity index (χ0) is 14.0. The monoisotopic (exact) mass is 273 g/mol. The topological polar surface area (TPSA) is 35.2 Å². The number of hydrogen-bond acceptors (Lipinski definition) is 2. The highest BCUT2D eigenvalue weighted by Crippen LogP contribution is 2.34. The Bertz CT molecular complexity index is 412. The highest BCUT2D eigenvalue weighted by Gasteiger charge is 2.34. The molecule has 1 aromatic rings. The number of hydrogen-bond donors (Lipinski definition) is 1. The zero-order valence-corrected chi connectivity index (χ0v) is 8.90. The van der Waals surface area contributed by atoms with Crippen molar-refractivity contribution >= 4 is 0 Å². The van der Waals surface area contributed by atoms with E-state index >= 15 is 0 Å². The largest absolute Gasteiger partial charge is 0.484 e. The molecule has 0 fully saturated rings. The molecule has 1 rings (SSSR count). The zero-order valence-electron chi connectivity index (χ0n) is 8.90. The van der Waals surface area contributed by atoms with Crippen LogP contribution in [0.2, 0.25) is 0 Å². The summed E-state index contributed by atoms with van der Waals surface area (Å²) in [6, 6.07) is 2.52. The van der Waals surface area contributed by atoms with Crippen molar-refractivity contribution in [2.45, 2.75) is 18.9 Å². The molecule has 0 saturated carbocycles. The lowest BCUT2D eigenvalue weighted by Crippen LogP contribution is -2.20. The summed E-state index contributed by atoms with van der Waals surface area (Å²) in [6.07, 6.45) is -9.29. The van der Waals surface area contributed by atoms with Crippen LogP contribution in [0.5, 0.6) is 5.75 Å². The lowest BCUT2D eigenvalue weighted by Gasteiger charge is -2.14. The van der Waals surface area contributed by atoms with Gasteiger partial charge in [-0.2, -0.15) is 26.3 Å². The summed E-state index contributed by atoms with van der Waals surface area (Å²) in [6.45, 7) is -2.01. The smallest absolute Gasteiger partial charge is 0.422 e. The van der Waals surface area contributed by atoms with Crippen molar-refractivity contribution in [3.63, 3.8) is 0 Å². The summed E-state index contributed by atoms with van der Waals surface area (Å²) in [4.78, 5) is 0. The van der Waals surface area contributed by atoms with Crippen LogP contribution >= 0.6 is 0 Å². The van der Waals surface area contributed by atoms with Gasteiger partial charge in [-0.05, 0) is 17.7 Å². The summed E-state index contributed by atoms with van der Waals surface area (Å²) in [5.41, 5.74) is 3.82. The van der Waals surface area contributed by atoms with Crippen molar-refractivity contribution in [2.75, 3.05) is 6.61 Å². The van der Waals surface area contributed by atoms with Crippen molar-refractivity contribution in [2.24, 2.45) is 5.73 Å². The molecule has 0 aliphatic heterocycles. The maximum Gasteiger partial charge on any atom is 0.422 e. The molecular weight excluding hydrogens is 264 g/mol. The summed E-state index contributed by atoms with van der Waals surface area (Å²) in [7, 11) is 0. The first kappa shape index (κ1) is 14.6. The quantitative estimate of drug-likeness (QED) is 0.859. The van der Waals surface area contributed by atoms with Crippen LogP contribution in [0.25, 0.3) is 0 Å². The molecule has 0 spiro atoms. The van der Waals surface area contributed by atoms with E-state index in [4.69, 9.17) is 5.73 Å². The molecule has 0 unspecified atom stereocenters. The van der Waals surface area contributed by atoms with E-state index in [1.807, 2.05) is 0 Å². The van der Waals surface area contributed by atoms with E-state index < -0.39 is 30.3 Å². The molecule has 0 heterocycles. The average Bonchev–Trinajstić information content (AvgIpc) is 2.24. The fourth-order valence-corrected chi connectivity index (χ4v) is 1.25. The van der Waals surface area contributed by atoms with Crippen LogP contribution < -0.4 is 10.5 Å². The number of benzene rings is 1. The lowest BCUT2D eigenvalue weighted by atomic mass is 10.1. The average molecular weight is 273 g/mol. The molecule has 8 heteroatoms. The molecule has 1 aromatic carbocycles. The Labute approximate surface area is 98.3 Å². The van der Waals surface area contributed by atoms with Gasteiger partial charge in [0.25, 0.3) is 0 Å². The summed E-state index contributed by atoms with van der Waals surface area (Å²) >= 11 is 0. The Morgan fingerprint density at radius 1 is 1.06 bits per heavy atom. The number of ether oxygens (including phenoxy) is 1. The third-order valence-electron chi connectivity index (χ3n) is 2.01. The van der Waals surface area contributed by atoms with Crippen molar-refractivity contribution in [3.8, 4) is 5.75 Å². The molecular formula is C10H9F6NO. The fourth-order valence-electron chi connectivity index (χ4n) is 1.25. The van der Waals surface area contributed by atoms with Crippen LogP contribution in [0.15, 0.2) is 18.2 Å². The van der Waals surface area contributed by atoms with Crippen LogP contribution in [-0.4, -0.2) is 12.8 Å². The lowest BCUT2D eigenvalue weighted by molar-refractivity contribution is -0.153. The predicted octanol–water partition coefficient (Wildman–Crippen LogP) is 3.11. The summed E-state index contributed by atoms with van der Waals surface area (Å²) in [5, 5.41) is 0. The molecule has 0 radical (unpaired) electrons. The van der Waals surface area contributed by atoms with E-state index in [-0.39, 0.29) is 12.1 Å². The van der Waals surface area contributed by atoms with Gasteiger partial charge in [-0.1, -0.05) is 6.07 Å². The second kappa shape index (κ2) is 5.05. The van der Waals surface area contributed by atoms with Gasteiger partial charge in [0.2, 0.25) is 0 Å². The predicted molar refractivity (Wildman–Crippen MR) is 50.9 cm³/mol. The molecule has 2 nitrogen and oxygen atoms in total. The summed E-state index contributed by atoms with van der Waals surface area (Å²) in [5.74, 6) is -0.503. The van der Waals surface area contributed by atoms with Gasteiger partial charge >= 0.3 is 12.4 Å². The third-order valence-corrected chi connectivity index (χ3v) is 2.01. The van der Waals surface area contributed by atoms with Gasteiger partial charge in [-0.15, -0.1) is 0 Å². The Balaban J connectivity index is 2.97. The van der Waals surface area contributed by atoms with E-state index in [1.54, 1.807) is 0 Å². The van der Waals surface area contributed by atoms with Gasteiger partial charge in [0.1, 0.15) is 5.75 Å². The van der Waals surface area contributed by atoms with Gasteiger partial charge in [0.05, 0.1) is 5.56 Å². The molecule has 2 N–H and O–H groups in total. The van der Waals surface area contributed by atoms with E-state index in [9.17, 15) is 26.3 Å². The molecule has 0 bridgehead atoms. The maximum absolute atomic E-state index is 12.6. The third kappa shape index (κ3) is 4.10. The molecule has 0 aliphatic rings. The Morgan fingerprint density at radius 3 is 2.11 bits per heavy atom. The van der Waals surface area contributed by atoms with Gasteiger partial charge in [0.15, 0.2) is 6.61 Å². The highest BCUT2D eigenvalue weighted by molar-refractivity contribution is 5.37. The Hall–Kier alpha value is -1.44. The highest BCUT2D eigenvalue weighted by atomic mass is 19.4. The molecule has 0 amide bonds. The number of alkyl halides is 6. The number of nitrogens with two attached hydrogens (primary N) is 1. The first-order valence-electron chi connectivity index (χ1n) is 4.73. The summed E-state index contributed by atoms with van der Waals surface area (Å²) < 4.78 is 77.5. The standard InChI is InChI=1S/C10H9F6NO/c11-9(12,13)5-18-7-2-1-6(4-17)8(3-7)10(14,15)16/h1-3H,4-5,17H2. The van der Waals surface area contributed by atoms with Crippen LogP contribution in [0, 0.1) is 0 Å². The van der Waals surface area contributed by atoms with Crippen molar-refractivity contribution in [1.29, 1.82) is 0 Å². The van der Waals surface area contributed by atoms with Crippen LogP contribution in [0.1, 0.15) is 11.1 Å². The van der Waals surface area contributed by atoms with Gasteiger partial charge < -0.3 is 10.5 Å². The first-order valence-corrected chi connectivity index (χ1v) is 4.73. The van der Waals surface area contributed by atoms with E-state index in [2.05, 4.69) is 4.74 Å². The Kier molecular flexibility index (Phi) is 4.10. The normalized spacial score (nSPS) is 12.6. The SMILES string of the molecule is NCc1ccc(OCC(F)(F)F)cc1C(F)(F)F. The van der Waals surface area contributed by atoms with Crippen molar-refractivity contribution in [1.82, 2.24) is 0 Å². The van der Waals surface area contributed by atoms with Crippen LogP contribution in [0.4, 0.5) is 26.3 Å². The Morgan fingerprint density at radius 2 is 1.67 bits per heavy atom. The first-order chi connectivity index (χ1) is 8.13. The number of halogens is 6. The molecule has 0 saturated heterocycles. The van der Waals surface area contributed by atoms with Gasteiger partial charge in [0, 0.05) is 6.54 Å². The van der Waals surface area contributed by atoms with Crippen molar-refractivity contribution in [3.05, 3.63) is 29.3 Å². The van der Waals surface area contributed by atoms with Crippen LogP contribution in [0.3, 0.4) is 0 Å². The van der Waals surface area contributed by atoms with E-state index in [0.717, 1.165) is 12.1 Å². The molecule has 0 aliphatic carbocycles. The van der Waals surface area contributed by atoms with Crippen molar-refractivity contribution < 1.29 is 31.1 Å². The second-order valence-corrected chi connectivity index (χ2v) is 3.42. The van der Waals surface area contributed by atoms with Crippen LogP contribution in [-0.2, 0) is 12.7 Å². The molecule has 18 heavy (non-hydrogen) atoms. The maximum atomic E-state index is 12.6. The molecule has 0 atom stereocenters. The van der Waals surface area contributed by atoms with Gasteiger partial charge in [-0.3, -0.25) is 0 Å². The molecule has 0 aromatic heterocycles. The van der Waals surface area contributed by atoms with E-state index in [0.29, 0.717) is 6.07 Å².